The zero-order valence-corrected chi connectivity index (χ0v) is 15.0. The molecule has 0 saturated carbocycles. The number of hydrogen-bond acceptors (Lipinski definition) is 3. The van der Waals surface area contributed by atoms with E-state index >= 15 is 0 Å². The summed E-state index contributed by atoms with van der Waals surface area (Å²) in [5, 5.41) is 3.12. The Bertz CT molecular complexity index is 722. The maximum absolute atomic E-state index is 12.7. The second kappa shape index (κ2) is 9.08. The highest BCUT2D eigenvalue weighted by atomic mass is 35.5. The molecule has 0 unspecified atom stereocenters. The third kappa shape index (κ3) is 5.22. The fourth-order valence-corrected chi connectivity index (χ4v) is 2.54. The van der Waals surface area contributed by atoms with Gasteiger partial charge in [-0.1, -0.05) is 48.0 Å². The number of rotatable bonds is 7. The summed E-state index contributed by atoms with van der Waals surface area (Å²) in [5.74, 6) is 0.0566. The van der Waals surface area contributed by atoms with Crippen molar-refractivity contribution in [3.8, 4) is 5.75 Å². The van der Waals surface area contributed by atoms with Crippen LogP contribution in [0, 0.1) is 0 Å². The Balaban J connectivity index is 2.14. The van der Waals surface area contributed by atoms with E-state index < -0.39 is 6.04 Å². The van der Waals surface area contributed by atoms with E-state index in [1.54, 1.807) is 25.1 Å². The minimum atomic E-state index is -0.645. The summed E-state index contributed by atoms with van der Waals surface area (Å²) in [7, 11) is 1.54. The molecule has 2 aromatic carbocycles. The van der Waals surface area contributed by atoms with Crippen LogP contribution < -0.4 is 10.1 Å². The summed E-state index contributed by atoms with van der Waals surface area (Å²) in [5.41, 5.74) is 0.771. The first-order valence-electron chi connectivity index (χ1n) is 7.95. The zero-order valence-electron chi connectivity index (χ0n) is 14.2. The van der Waals surface area contributed by atoms with E-state index in [1.807, 2.05) is 36.4 Å². The second-order valence-corrected chi connectivity index (χ2v) is 5.91. The lowest BCUT2D eigenvalue weighted by Gasteiger charge is -2.28. The molecule has 2 rings (SSSR count). The minimum absolute atomic E-state index is 0.157. The Kier molecular flexibility index (Phi) is 6.83. The number of ether oxygens (including phenoxy) is 1. The fourth-order valence-electron chi connectivity index (χ4n) is 2.35. The van der Waals surface area contributed by atoms with Crippen molar-refractivity contribution in [2.45, 2.75) is 19.5 Å². The van der Waals surface area contributed by atoms with E-state index in [0.717, 1.165) is 5.56 Å². The SMILES string of the molecule is CNC(=O)[C@@H](C)N(Cc1ccccc1Cl)C(=O)COc1ccccc1. The summed E-state index contributed by atoms with van der Waals surface area (Å²) >= 11 is 6.19. The predicted molar refractivity (Wildman–Crippen MR) is 97.5 cm³/mol. The molecule has 1 atom stereocenters. The quantitative estimate of drug-likeness (QED) is 0.826. The van der Waals surface area contributed by atoms with Gasteiger partial charge in [0.1, 0.15) is 11.8 Å². The predicted octanol–water partition coefficient (Wildman–Crippen LogP) is 2.88. The topological polar surface area (TPSA) is 58.6 Å². The van der Waals surface area contributed by atoms with Gasteiger partial charge in [-0.25, -0.2) is 0 Å². The van der Waals surface area contributed by atoms with Gasteiger partial charge in [0.05, 0.1) is 0 Å². The molecule has 0 aliphatic rings. The van der Waals surface area contributed by atoms with Gasteiger partial charge in [0.2, 0.25) is 5.91 Å². The number of nitrogens with zero attached hydrogens (tertiary/aromatic N) is 1. The Morgan fingerprint density at radius 1 is 1.12 bits per heavy atom. The lowest BCUT2D eigenvalue weighted by Crippen LogP contribution is -2.48. The molecule has 0 aliphatic heterocycles. The highest BCUT2D eigenvalue weighted by molar-refractivity contribution is 6.31. The van der Waals surface area contributed by atoms with E-state index in [4.69, 9.17) is 16.3 Å². The van der Waals surface area contributed by atoms with Crippen LogP contribution in [0.3, 0.4) is 0 Å². The van der Waals surface area contributed by atoms with Crippen LogP contribution in [0.15, 0.2) is 54.6 Å². The molecule has 25 heavy (non-hydrogen) atoms. The molecule has 0 radical (unpaired) electrons. The molecule has 6 heteroatoms. The van der Waals surface area contributed by atoms with Crippen LogP contribution in [0.4, 0.5) is 0 Å². The largest absolute Gasteiger partial charge is 0.484 e. The van der Waals surface area contributed by atoms with Gasteiger partial charge < -0.3 is 15.0 Å². The van der Waals surface area contributed by atoms with Gasteiger partial charge in [-0.05, 0) is 30.7 Å². The molecule has 0 aliphatic carbocycles. The summed E-state index contributed by atoms with van der Waals surface area (Å²) in [4.78, 5) is 26.2. The van der Waals surface area contributed by atoms with Crippen LogP contribution in [0.5, 0.6) is 5.75 Å². The minimum Gasteiger partial charge on any atom is -0.484 e. The molecule has 0 heterocycles. The highest BCUT2D eigenvalue weighted by Crippen LogP contribution is 2.19. The molecular weight excluding hydrogens is 340 g/mol. The van der Waals surface area contributed by atoms with E-state index in [2.05, 4.69) is 5.32 Å². The second-order valence-electron chi connectivity index (χ2n) is 5.51. The van der Waals surface area contributed by atoms with Crippen molar-refractivity contribution in [1.29, 1.82) is 0 Å². The van der Waals surface area contributed by atoms with Gasteiger partial charge >= 0.3 is 0 Å². The monoisotopic (exact) mass is 360 g/mol. The fraction of sp³-hybridized carbons (Fsp3) is 0.263. The molecule has 0 fully saturated rings. The number of likely N-dealkylation sites (N-methyl/N-ethyl adjacent to an activating group) is 1. The van der Waals surface area contributed by atoms with Crippen LogP contribution in [0.2, 0.25) is 5.02 Å². The molecule has 0 aromatic heterocycles. The van der Waals surface area contributed by atoms with Crippen molar-refractivity contribution in [2.75, 3.05) is 13.7 Å². The van der Waals surface area contributed by atoms with Gasteiger partial charge in [-0.3, -0.25) is 9.59 Å². The summed E-state index contributed by atoms with van der Waals surface area (Å²) in [6.07, 6.45) is 0. The Hall–Kier alpha value is -2.53. The maximum atomic E-state index is 12.7. The summed E-state index contributed by atoms with van der Waals surface area (Å²) in [6.45, 7) is 1.75. The highest BCUT2D eigenvalue weighted by Gasteiger charge is 2.26. The third-order valence-corrected chi connectivity index (χ3v) is 4.19. The van der Waals surface area contributed by atoms with E-state index in [0.29, 0.717) is 10.8 Å². The number of benzene rings is 2. The van der Waals surface area contributed by atoms with Crippen LogP contribution in [-0.4, -0.2) is 36.4 Å². The van der Waals surface area contributed by atoms with E-state index in [1.165, 1.54) is 11.9 Å². The third-order valence-electron chi connectivity index (χ3n) is 3.82. The van der Waals surface area contributed by atoms with Crippen molar-refractivity contribution in [3.63, 3.8) is 0 Å². The average Bonchev–Trinajstić information content (AvgIpc) is 2.65. The molecule has 132 valence electrons. The summed E-state index contributed by atoms with van der Waals surface area (Å²) in [6, 6.07) is 15.7. The standard InChI is InChI=1S/C19H21ClN2O3/c1-14(19(24)21-2)22(12-15-8-6-7-11-17(15)20)18(23)13-25-16-9-4-3-5-10-16/h3-11,14H,12-13H2,1-2H3,(H,21,24)/t14-/m1/s1. The number of hydrogen-bond donors (Lipinski definition) is 1. The molecule has 5 nitrogen and oxygen atoms in total. The van der Waals surface area contributed by atoms with E-state index in [9.17, 15) is 9.59 Å². The molecule has 0 saturated heterocycles. The first-order valence-corrected chi connectivity index (χ1v) is 8.33. The summed E-state index contributed by atoms with van der Waals surface area (Å²) < 4.78 is 5.52. The molecule has 2 amide bonds. The average molecular weight is 361 g/mol. The normalized spacial score (nSPS) is 11.5. The van der Waals surface area contributed by atoms with Gasteiger partial charge in [-0.15, -0.1) is 0 Å². The smallest absolute Gasteiger partial charge is 0.261 e. The van der Waals surface area contributed by atoms with Crippen molar-refractivity contribution < 1.29 is 14.3 Å². The molecule has 2 aromatic rings. The van der Waals surface area contributed by atoms with Crippen LogP contribution >= 0.6 is 11.6 Å². The number of nitrogens with one attached hydrogen (secondary N) is 1. The lowest BCUT2D eigenvalue weighted by molar-refractivity contribution is -0.142. The molecule has 0 bridgehead atoms. The van der Waals surface area contributed by atoms with Gasteiger partial charge in [0.25, 0.3) is 5.91 Å². The Morgan fingerprint density at radius 3 is 2.40 bits per heavy atom. The van der Waals surface area contributed by atoms with Crippen molar-refractivity contribution in [3.05, 3.63) is 65.2 Å². The number of halogens is 1. The van der Waals surface area contributed by atoms with Gasteiger partial charge in [0, 0.05) is 18.6 Å². The van der Waals surface area contributed by atoms with Crippen LogP contribution in [0.25, 0.3) is 0 Å². The first kappa shape index (κ1) is 18.8. The molecule has 1 N–H and O–H groups in total. The number of para-hydroxylation sites is 1. The molecular formula is C19H21ClN2O3. The van der Waals surface area contributed by atoms with E-state index in [-0.39, 0.29) is 25.0 Å². The zero-order chi connectivity index (χ0) is 18.2. The van der Waals surface area contributed by atoms with Gasteiger partial charge in [0.15, 0.2) is 6.61 Å². The van der Waals surface area contributed by atoms with Crippen LogP contribution in [-0.2, 0) is 16.1 Å². The lowest BCUT2D eigenvalue weighted by atomic mass is 10.1. The first-order chi connectivity index (χ1) is 12.0. The Morgan fingerprint density at radius 2 is 1.76 bits per heavy atom. The number of carbonyl (C=O) groups is 2. The van der Waals surface area contributed by atoms with Crippen molar-refractivity contribution >= 4 is 23.4 Å². The van der Waals surface area contributed by atoms with Crippen molar-refractivity contribution in [1.82, 2.24) is 10.2 Å². The van der Waals surface area contributed by atoms with Crippen LogP contribution in [0.1, 0.15) is 12.5 Å². The maximum Gasteiger partial charge on any atom is 0.261 e. The van der Waals surface area contributed by atoms with Gasteiger partial charge in [-0.2, -0.15) is 0 Å². The number of amides is 2. The Labute approximate surface area is 152 Å². The molecule has 0 spiro atoms. The van der Waals surface area contributed by atoms with Crippen molar-refractivity contribution in [2.24, 2.45) is 0 Å². The number of carbonyl (C=O) groups excluding carboxylic acids is 2.